The van der Waals surface area contributed by atoms with Crippen molar-refractivity contribution in [3.05, 3.63) is 54.1 Å². The molecular weight excluding hydrogens is 554 g/mol. The molecule has 220 valence electrons. The van der Waals surface area contributed by atoms with Gasteiger partial charge in [0.15, 0.2) is 0 Å². The fourth-order valence-electron chi connectivity index (χ4n) is 6.05. The second-order valence-corrected chi connectivity index (χ2v) is 12.2. The van der Waals surface area contributed by atoms with Crippen LogP contribution in [-0.4, -0.2) is 70.0 Å². The first-order valence-electron chi connectivity index (χ1n) is 14.5. The first-order chi connectivity index (χ1) is 20.4. The molecular formula is C31H35N5O5S. The van der Waals surface area contributed by atoms with Crippen LogP contribution in [0.5, 0.6) is 5.75 Å². The summed E-state index contributed by atoms with van der Waals surface area (Å²) in [7, 11) is 1.32. The van der Waals surface area contributed by atoms with Gasteiger partial charge < -0.3 is 25.4 Å². The van der Waals surface area contributed by atoms with Gasteiger partial charge in [-0.25, -0.2) is 9.78 Å². The molecule has 2 amide bonds. The minimum absolute atomic E-state index is 0.146. The number of allylic oxidation sites excluding steroid dienone is 1. The van der Waals surface area contributed by atoms with Gasteiger partial charge in [0.25, 0.3) is 0 Å². The van der Waals surface area contributed by atoms with E-state index in [0.717, 1.165) is 41.6 Å². The number of thiophene rings is 1. The number of pyridine rings is 2. The number of amides is 2. The standard InChI is InChI=1S/C31H35N5O5S/c1-40-30(39)31-17-19(31)9-5-3-2-4-6-10-21(32)29(38)36-18-20(15-25(36)28(37)35-31)41-26-16-24(22-11-7-8-13-33-22)34-23-12-14-42-27(23)26/h5,7-9,11-14,16,19-21,25H,2-4,6,10,15,17-18,32H2,1H3,(H,35,37)/b9-5-/t19-,20-,21?,25+,31-/m1/s1. The van der Waals surface area contributed by atoms with Crippen LogP contribution in [0.1, 0.15) is 44.9 Å². The van der Waals surface area contributed by atoms with Crippen LogP contribution in [0.3, 0.4) is 0 Å². The zero-order valence-corrected chi connectivity index (χ0v) is 24.3. The maximum atomic E-state index is 13.8. The van der Waals surface area contributed by atoms with Gasteiger partial charge >= 0.3 is 5.97 Å². The number of nitrogens with two attached hydrogens (primary N) is 1. The van der Waals surface area contributed by atoms with Crippen molar-refractivity contribution in [1.29, 1.82) is 0 Å². The van der Waals surface area contributed by atoms with Crippen molar-refractivity contribution in [2.45, 2.75) is 68.7 Å². The lowest BCUT2D eigenvalue weighted by Crippen LogP contribution is -2.55. The smallest absolute Gasteiger partial charge is 0.332 e. The molecule has 6 rings (SSSR count). The van der Waals surface area contributed by atoms with Crippen LogP contribution < -0.4 is 15.8 Å². The van der Waals surface area contributed by atoms with Crippen LogP contribution in [0, 0.1) is 5.92 Å². The highest BCUT2D eigenvalue weighted by Crippen LogP contribution is 2.46. The molecule has 2 aliphatic heterocycles. The Balaban J connectivity index is 1.29. The topological polar surface area (TPSA) is 137 Å². The third kappa shape index (κ3) is 5.50. The second-order valence-electron chi connectivity index (χ2n) is 11.3. The highest BCUT2D eigenvalue weighted by molar-refractivity contribution is 7.17. The highest BCUT2D eigenvalue weighted by atomic mass is 32.1. The van der Waals surface area contributed by atoms with Gasteiger partial charge in [-0.05, 0) is 49.3 Å². The van der Waals surface area contributed by atoms with Crippen molar-refractivity contribution in [2.24, 2.45) is 11.7 Å². The SMILES string of the molecule is COC(=O)[C@@]12C[C@H]1/C=C\CCCCCC(N)C(=O)N1C[C@H](Oc3cc(-c4ccccn4)nc4ccsc34)C[C@H]1C(=O)N2. The van der Waals surface area contributed by atoms with Gasteiger partial charge in [-0.15, -0.1) is 11.3 Å². The number of esters is 1. The lowest BCUT2D eigenvalue weighted by molar-refractivity contribution is -0.148. The third-order valence-corrected chi connectivity index (χ3v) is 9.35. The first-order valence-corrected chi connectivity index (χ1v) is 15.4. The summed E-state index contributed by atoms with van der Waals surface area (Å²) >= 11 is 1.52. The summed E-state index contributed by atoms with van der Waals surface area (Å²) in [5.74, 6) is -0.678. The van der Waals surface area contributed by atoms with Crippen molar-refractivity contribution in [3.63, 3.8) is 0 Å². The third-order valence-electron chi connectivity index (χ3n) is 8.43. The molecule has 3 aromatic rings. The monoisotopic (exact) mass is 589 g/mol. The van der Waals surface area contributed by atoms with Gasteiger partial charge in [0.05, 0.1) is 41.3 Å². The number of rotatable bonds is 4. The quantitative estimate of drug-likeness (QED) is 0.348. The van der Waals surface area contributed by atoms with Crippen molar-refractivity contribution >= 4 is 39.3 Å². The summed E-state index contributed by atoms with van der Waals surface area (Å²) in [4.78, 5) is 51.0. The van der Waals surface area contributed by atoms with Gasteiger partial charge in [0, 0.05) is 24.6 Å². The first kappa shape index (κ1) is 28.3. The molecule has 5 heterocycles. The van der Waals surface area contributed by atoms with Crippen molar-refractivity contribution in [3.8, 4) is 17.1 Å². The van der Waals surface area contributed by atoms with Crippen LogP contribution in [0.15, 0.2) is 54.1 Å². The minimum atomic E-state index is -1.12. The van der Waals surface area contributed by atoms with Gasteiger partial charge in [0.2, 0.25) is 11.8 Å². The van der Waals surface area contributed by atoms with E-state index in [1.807, 2.05) is 41.8 Å². The molecule has 5 atom stereocenters. The van der Waals surface area contributed by atoms with Crippen molar-refractivity contribution < 1.29 is 23.9 Å². The Morgan fingerprint density at radius 3 is 2.88 bits per heavy atom. The van der Waals surface area contributed by atoms with Gasteiger partial charge in [0.1, 0.15) is 23.4 Å². The average molecular weight is 590 g/mol. The second kappa shape index (κ2) is 11.8. The number of nitrogens with one attached hydrogen (secondary N) is 1. The zero-order valence-electron chi connectivity index (χ0n) is 23.5. The van der Waals surface area contributed by atoms with Crippen LogP contribution in [0.4, 0.5) is 0 Å². The van der Waals surface area contributed by atoms with Crippen LogP contribution in [0.2, 0.25) is 0 Å². The fraction of sp³-hybridized carbons (Fsp3) is 0.452. The summed E-state index contributed by atoms with van der Waals surface area (Å²) in [6, 6.07) is 7.88. The van der Waals surface area contributed by atoms with E-state index >= 15 is 0 Å². The number of carbonyl (C=O) groups is 3. The van der Waals surface area contributed by atoms with Gasteiger partial charge in [-0.2, -0.15) is 0 Å². The molecule has 10 nitrogen and oxygen atoms in total. The summed E-state index contributed by atoms with van der Waals surface area (Å²) < 4.78 is 12.5. The Kier molecular flexibility index (Phi) is 7.96. The molecule has 2 fully saturated rings. The van der Waals surface area contributed by atoms with E-state index in [2.05, 4.69) is 16.4 Å². The predicted octanol–water partition coefficient (Wildman–Crippen LogP) is 3.60. The highest BCUT2D eigenvalue weighted by Gasteiger charge is 2.62. The molecule has 1 saturated heterocycles. The fourth-order valence-corrected chi connectivity index (χ4v) is 6.84. The molecule has 0 bridgehead atoms. The Labute approximate surface area is 248 Å². The number of methoxy groups -OCH3 is 1. The normalized spacial score (nSPS) is 29.0. The van der Waals surface area contributed by atoms with Crippen LogP contribution in [-0.2, 0) is 19.1 Å². The Morgan fingerprint density at radius 2 is 2.07 bits per heavy atom. The largest absolute Gasteiger partial charge is 0.487 e. The van der Waals surface area contributed by atoms with Crippen LogP contribution >= 0.6 is 11.3 Å². The lowest BCUT2D eigenvalue weighted by atomic mass is 10.1. The number of carbonyl (C=O) groups excluding carboxylic acids is 3. The average Bonchev–Trinajstić information content (AvgIpc) is 3.31. The Morgan fingerprint density at radius 1 is 1.19 bits per heavy atom. The number of hydrogen-bond acceptors (Lipinski definition) is 9. The van der Waals surface area contributed by atoms with E-state index in [4.69, 9.17) is 20.2 Å². The predicted molar refractivity (Wildman–Crippen MR) is 159 cm³/mol. The number of fused-ring (bicyclic) bond motifs is 3. The van der Waals surface area contributed by atoms with E-state index in [1.165, 1.54) is 23.3 Å². The Bertz CT molecular complexity index is 1510. The van der Waals surface area contributed by atoms with E-state index < -0.39 is 35.6 Å². The molecule has 0 radical (unpaired) electrons. The van der Waals surface area contributed by atoms with Gasteiger partial charge in [-0.1, -0.05) is 31.1 Å². The van der Waals surface area contributed by atoms with Crippen LogP contribution in [0.25, 0.3) is 21.6 Å². The maximum absolute atomic E-state index is 13.8. The zero-order chi connectivity index (χ0) is 29.3. The van der Waals surface area contributed by atoms with E-state index in [9.17, 15) is 14.4 Å². The van der Waals surface area contributed by atoms with E-state index in [1.54, 1.807) is 6.20 Å². The van der Waals surface area contributed by atoms with Crippen molar-refractivity contribution in [2.75, 3.05) is 13.7 Å². The molecule has 3 aliphatic rings. The summed E-state index contributed by atoms with van der Waals surface area (Å²) in [5.41, 5.74) is 7.43. The number of hydrogen-bond donors (Lipinski definition) is 2. The molecule has 3 N–H and O–H groups in total. The Hall–Kier alpha value is -3.83. The number of nitrogens with zero attached hydrogens (tertiary/aromatic N) is 3. The lowest BCUT2D eigenvalue weighted by Gasteiger charge is -2.28. The summed E-state index contributed by atoms with van der Waals surface area (Å²) in [6.45, 7) is 0.202. The molecule has 11 heteroatoms. The van der Waals surface area contributed by atoms with Gasteiger partial charge in [-0.3, -0.25) is 14.6 Å². The molecule has 42 heavy (non-hydrogen) atoms. The molecule has 0 aromatic carbocycles. The molecule has 1 saturated carbocycles. The van der Waals surface area contributed by atoms with E-state index in [0.29, 0.717) is 24.3 Å². The minimum Gasteiger partial charge on any atom is -0.487 e. The maximum Gasteiger partial charge on any atom is 0.332 e. The molecule has 1 unspecified atom stereocenters. The summed E-state index contributed by atoms with van der Waals surface area (Å²) in [6.07, 6.45) is 10.2. The van der Waals surface area contributed by atoms with Crippen molar-refractivity contribution in [1.82, 2.24) is 20.2 Å². The summed E-state index contributed by atoms with van der Waals surface area (Å²) in [5, 5.41) is 4.92. The number of ether oxygens (including phenoxy) is 2. The molecule has 0 spiro atoms. The molecule has 3 aromatic heterocycles. The number of aromatic nitrogens is 2. The molecule has 1 aliphatic carbocycles. The van der Waals surface area contributed by atoms with E-state index in [-0.39, 0.29) is 24.8 Å².